The summed E-state index contributed by atoms with van der Waals surface area (Å²) in [4.78, 5) is 0. The number of aromatic hydroxyl groups is 1. The molecule has 0 spiro atoms. The van der Waals surface area contributed by atoms with E-state index in [0.29, 0.717) is 12.1 Å². The van der Waals surface area contributed by atoms with Gasteiger partial charge in [0.2, 0.25) is 0 Å². The first kappa shape index (κ1) is 18.2. The predicted molar refractivity (Wildman–Crippen MR) is 106 cm³/mol. The van der Waals surface area contributed by atoms with E-state index in [9.17, 15) is 10.4 Å². The van der Waals surface area contributed by atoms with E-state index in [-0.39, 0.29) is 17.0 Å². The minimum atomic E-state index is -0.534. The Hall–Kier alpha value is -4.18. The van der Waals surface area contributed by atoms with E-state index >= 15 is 4.39 Å². The first-order valence-electron chi connectivity index (χ1n) is 8.85. The van der Waals surface area contributed by atoms with Gasteiger partial charge in [0.15, 0.2) is 0 Å². The number of anilines is 1. The average Bonchev–Trinajstić information content (AvgIpc) is 3.28. The molecule has 4 rings (SSSR count). The number of phenolic OH excluding ortho intramolecular Hbond substituents is 1. The summed E-state index contributed by atoms with van der Waals surface area (Å²) in [6.07, 6.45) is 2.94. The quantitative estimate of drug-likeness (QED) is 0.559. The average molecular weight is 385 g/mol. The Morgan fingerprint density at radius 3 is 2.34 bits per heavy atom. The Labute approximate surface area is 166 Å². The van der Waals surface area contributed by atoms with Crippen molar-refractivity contribution in [1.82, 2.24) is 14.9 Å². The Balaban J connectivity index is 1.84. The minimum Gasteiger partial charge on any atom is -0.508 e. The van der Waals surface area contributed by atoms with Crippen molar-refractivity contribution in [2.75, 3.05) is 5.01 Å². The molecule has 0 atom stereocenters. The van der Waals surface area contributed by atoms with Crippen LogP contribution in [0.15, 0.2) is 79.4 Å². The summed E-state index contributed by atoms with van der Waals surface area (Å²) in [5, 5.41) is 28.3. The van der Waals surface area contributed by atoms with Crippen LogP contribution >= 0.6 is 0 Å². The molecule has 0 amide bonds. The van der Waals surface area contributed by atoms with Gasteiger partial charge in [-0.05, 0) is 35.4 Å². The Morgan fingerprint density at radius 1 is 1.00 bits per heavy atom. The monoisotopic (exact) mass is 385 g/mol. The number of halogens is 1. The summed E-state index contributed by atoms with van der Waals surface area (Å²) in [5.41, 5.74) is 2.83. The molecule has 1 N–H and O–H groups in total. The number of aromatic nitrogens is 3. The molecule has 1 heterocycles. The lowest BCUT2D eigenvalue weighted by molar-refractivity contribution is 0.475. The van der Waals surface area contributed by atoms with E-state index < -0.39 is 5.82 Å². The topological polar surface area (TPSA) is 78.0 Å². The molecule has 0 saturated heterocycles. The van der Waals surface area contributed by atoms with Gasteiger partial charge in [0, 0.05) is 5.56 Å². The second kappa shape index (κ2) is 7.82. The van der Waals surface area contributed by atoms with Gasteiger partial charge >= 0.3 is 0 Å². The van der Waals surface area contributed by atoms with Crippen molar-refractivity contribution in [3.63, 3.8) is 0 Å². The highest BCUT2D eigenvalue weighted by atomic mass is 19.1. The molecule has 3 aromatic carbocycles. The Bertz CT molecular complexity index is 1150. The maximum Gasteiger partial charge on any atom is 0.149 e. The third kappa shape index (κ3) is 3.77. The van der Waals surface area contributed by atoms with Gasteiger partial charge in [0.05, 0.1) is 23.9 Å². The van der Waals surface area contributed by atoms with E-state index in [0.717, 1.165) is 11.1 Å². The zero-order chi connectivity index (χ0) is 20.2. The number of rotatable bonds is 5. The normalized spacial score (nSPS) is 10.5. The lowest BCUT2D eigenvalue weighted by atomic mass is 9.99. The van der Waals surface area contributed by atoms with E-state index in [2.05, 4.69) is 16.3 Å². The van der Waals surface area contributed by atoms with Crippen LogP contribution in [0.2, 0.25) is 0 Å². The molecular formula is C22H16FN5O. The third-order valence-electron chi connectivity index (χ3n) is 4.52. The molecule has 0 saturated carbocycles. The van der Waals surface area contributed by atoms with Crippen LogP contribution in [0.25, 0.3) is 11.1 Å². The van der Waals surface area contributed by atoms with Gasteiger partial charge in [-0.1, -0.05) is 42.5 Å². The number of nitriles is 1. The Kier molecular flexibility index (Phi) is 4.91. The van der Waals surface area contributed by atoms with Gasteiger partial charge < -0.3 is 5.11 Å². The highest BCUT2D eigenvalue weighted by Crippen LogP contribution is 2.32. The predicted octanol–water partition coefficient (Wildman–Crippen LogP) is 4.13. The van der Waals surface area contributed by atoms with Crippen LogP contribution in [0, 0.1) is 17.1 Å². The molecule has 29 heavy (non-hydrogen) atoms. The van der Waals surface area contributed by atoms with Gasteiger partial charge in [-0.25, -0.2) is 9.07 Å². The maximum absolute atomic E-state index is 15.1. The molecule has 1 aromatic heterocycles. The van der Waals surface area contributed by atoms with E-state index in [1.165, 1.54) is 18.7 Å². The first-order valence-corrected chi connectivity index (χ1v) is 8.85. The fourth-order valence-corrected chi connectivity index (χ4v) is 3.09. The number of benzene rings is 3. The highest BCUT2D eigenvalue weighted by Gasteiger charge is 2.19. The minimum absolute atomic E-state index is 0.153. The number of hydrogen-bond acceptors (Lipinski definition) is 5. The molecule has 0 fully saturated rings. The molecule has 0 aliphatic carbocycles. The standard InChI is InChI=1S/C22H16FN5O/c23-21-10-18(12-24)20(17-4-2-1-3-5-17)11-22(21)28(27-14-25-26-15-27)13-16-6-8-19(29)9-7-16/h1-11,14-15,29H,13H2. The summed E-state index contributed by atoms with van der Waals surface area (Å²) in [6.45, 7) is 0.301. The van der Waals surface area contributed by atoms with Crippen molar-refractivity contribution in [3.8, 4) is 22.9 Å². The van der Waals surface area contributed by atoms with Crippen LogP contribution in [0.5, 0.6) is 5.75 Å². The fourth-order valence-electron chi connectivity index (χ4n) is 3.09. The van der Waals surface area contributed by atoms with Crippen LogP contribution in [-0.4, -0.2) is 20.0 Å². The molecule has 0 unspecified atom stereocenters. The third-order valence-corrected chi connectivity index (χ3v) is 4.52. The highest BCUT2D eigenvalue weighted by molar-refractivity contribution is 5.75. The number of hydrogen-bond donors (Lipinski definition) is 1. The molecule has 142 valence electrons. The molecule has 7 heteroatoms. The lowest BCUT2D eigenvalue weighted by Crippen LogP contribution is -2.29. The molecule has 0 aliphatic heterocycles. The van der Waals surface area contributed by atoms with E-state index in [1.54, 1.807) is 40.0 Å². The molecule has 6 nitrogen and oxygen atoms in total. The van der Waals surface area contributed by atoms with Gasteiger partial charge in [0.1, 0.15) is 24.2 Å². The summed E-state index contributed by atoms with van der Waals surface area (Å²) >= 11 is 0. The molecule has 0 bridgehead atoms. The van der Waals surface area contributed by atoms with Crippen molar-refractivity contribution in [2.24, 2.45) is 0 Å². The fraction of sp³-hybridized carbons (Fsp3) is 0.0455. The lowest BCUT2D eigenvalue weighted by Gasteiger charge is -2.26. The number of nitrogens with zero attached hydrogens (tertiary/aromatic N) is 5. The largest absolute Gasteiger partial charge is 0.508 e. The van der Waals surface area contributed by atoms with E-state index in [1.807, 2.05) is 30.3 Å². The zero-order valence-electron chi connectivity index (χ0n) is 15.3. The molecular weight excluding hydrogens is 369 g/mol. The summed E-state index contributed by atoms with van der Waals surface area (Å²) in [6, 6.07) is 21.0. The van der Waals surface area contributed by atoms with Crippen molar-refractivity contribution in [2.45, 2.75) is 6.54 Å². The van der Waals surface area contributed by atoms with Gasteiger partial charge in [-0.15, -0.1) is 10.2 Å². The summed E-state index contributed by atoms with van der Waals surface area (Å²) in [7, 11) is 0. The number of phenols is 1. The van der Waals surface area contributed by atoms with Crippen molar-refractivity contribution >= 4 is 5.69 Å². The smallest absolute Gasteiger partial charge is 0.149 e. The molecule has 0 radical (unpaired) electrons. The summed E-state index contributed by atoms with van der Waals surface area (Å²) in [5.74, 6) is -0.380. The molecule has 4 aromatic rings. The SMILES string of the molecule is N#Cc1cc(F)c(N(Cc2ccc(O)cc2)n2cnnc2)cc1-c1ccccc1. The van der Waals surface area contributed by atoms with E-state index in [4.69, 9.17) is 0 Å². The Morgan fingerprint density at radius 2 is 1.69 bits per heavy atom. The summed E-state index contributed by atoms with van der Waals surface area (Å²) < 4.78 is 16.6. The van der Waals surface area contributed by atoms with Crippen molar-refractivity contribution in [1.29, 1.82) is 5.26 Å². The van der Waals surface area contributed by atoms with Crippen LogP contribution in [0.1, 0.15) is 11.1 Å². The maximum atomic E-state index is 15.1. The van der Waals surface area contributed by atoms with Gasteiger partial charge in [0.25, 0.3) is 0 Å². The van der Waals surface area contributed by atoms with Gasteiger partial charge in [-0.2, -0.15) is 5.26 Å². The van der Waals surface area contributed by atoms with Crippen molar-refractivity contribution < 1.29 is 9.50 Å². The van der Waals surface area contributed by atoms with Crippen LogP contribution in [0.3, 0.4) is 0 Å². The second-order valence-electron chi connectivity index (χ2n) is 6.39. The van der Waals surface area contributed by atoms with Crippen LogP contribution < -0.4 is 5.01 Å². The van der Waals surface area contributed by atoms with Crippen LogP contribution in [0.4, 0.5) is 10.1 Å². The zero-order valence-corrected chi connectivity index (χ0v) is 15.3. The molecule has 0 aliphatic rings. The van der Waals surface area contributed by atoms with Gasteiger partial charge in [-0.3, -0.25) is 5.01 Å². The second-order valence-corrected chi connectivity index (χ2v) is 6.39. The van der Waals surface area contributed by atoms with Crippen molar-refractivity contribution in [3.05, 3.63) is 96.3 Å². The first-order chi connectivity index (χ1) is 14.2. The van der Waals surface area contributed by atoms with Crippen LogP contribution in [-0.2, 0) is 6.54 Å².